The Bertz CT molecular complexity index is 995. The highest BCUT2D eigenvalue weighted by Crippen LogP contribution is 2.21. The molecule has 1 N–H and O–H groups in total. The van der Waals surface area contributed by atoms with Gasteiger partial charge >= 0.3 is 0 Å². The van der Waals surface area contributed by atoms with E-state index in [-0.39, 0.29) is 11.8 Å². The van der Waals surface area contributed by atoms with Crippen LogP contribution < -0.4 is 5.32 Å². The van der Waals surface area contributed by atoms with Gasteiger partial charge in [0.15, 0.2) is 0 Å². The minimum absolute atomic E-state index is 0.143. The second-order valence-corrected chi connectivity index (χ2v) is 10.00. The van der Waals surface area contributed by atoms with E-state index in [2.05, 4.69) is 10.4 Å². The van der Waals surface area contributed by atoms with Gasteiger partial charge in [0.25, 0.3) is 5.91 Å². The molecule has 0 bridgehead atoms. The number of nitrogens with one attached hydrogen (secondary N) is 1. The number of piperidine rings is 1. The molecule has 1 aliphatic heterocycles. The Balaban J connectivity index is 1.62. The molecule has 29 heavy (non-hydrogen) atoms. The third-order valence-corrected chi connectivity index (χ3v) is 7.15. The van der Waals surface area contributed by atoms with Gasteiger partial charge in [-0.1, -0.05) is 29.8 Å². The molecule has 0 aliphatic carbocycles. The summed E-state index contributed by atoms with van der Waals surface area (Å²) < 4.78 is 26.5. The number of aromatic nitrogens is 2. The number of hydrogen-bond donors (Lipinski definition) is 1. The molecule has 0 atom stereocenters. The minimum Gasteiger partial charge on any atom is -0.352 e. The van der Waals surface area contributed by atoms with Crippen LogP contribution in [-0.4, -0.2) is 54.3 Å². The maximum absolute atomic E-state index is 12.8. The lowest BCUT2D eigenvalue weighted by Gasteiger charge is -2.30. The number of amides is 1. The van der Waals surface area contributed by atoms with Crippen molar-refractivity contribution in [2.24, 2.45) is 5.92 Å². The molecule has 1 fully saturated rings. The summed E-state index contributed by atoms with van der Waals surface area (Å²) >= 11 is 6.25. The van der Waals surface area contributed by atoms with Crippen LogP contribution in [0.25, 0.3) is 0 Å². The quantitative estimate of drug-likeness (QED) is 0.751. The Morgan fingerprint density at radius 2 is 1.90 bits per heavy atom. The maximum Gasteiger partial charge on any atom is 0.255 e. The zero-order valence-corrected chi connectivity index (χ0v) is 18.6. The fourth-order valence-electron chi connectivity index (χ4n) is 3.74. The summed E-state index contributed by atoms with van der Waals surface area (Å²) in [5.41, 5.74) is 3.01. The second-order valence-electron chi connectivity index (χ2n) is 7.61. The van der Waals surface area contributed by atoms with Crippen molar-refractivity contribution in [3.63, 3.8) is 0 Å². The van der Waals surface area contributed by atoms with Crippen molar-refractivity contribution >= 4 is 27.5 Å². The zero-order chi connectivity index (χ0) is 21.2. The summed E-state index contributed by atoms with van der Waals surface area (Å²) in [6.07, 6.45) is 2.73. The zero-order valence-electron chi connectivity index (χ0n) is 17.0. The number of nitrogens with zero attached hydrogens (tertiary/aromatic N) is 3. The molecule has 1 aromatic carbocycles. The van der Waals surface area contributed by atoms with E-state index in [4.69, 9.17) is 11.6 Å². The van der Waals surface area contributed by atoms with E-state index in [1.807, 2.05) is 38.1 Å². The van der Waals surface area contributed by atoms with E-state index in [0.29, 0.717) is 42.5 Å². The van der Waals surface area contributed by atoms with Crippen molar-refractivity contribution < 1.29 is 13.2 Å². The largest absolute Gasteiger partial charge is 0.352 e. The fraction of sp³-hybridized carbons (Fsp3) is 0.500. The molecule has 7 nitrogen and oxygen atoms in total. The summed E-state index contributed by atoms with van der Waals surface area (Å²) in [5.74, 6) is 0.131. The molecular weight excluding hydrogens is 412 g/mol. The van der Waals surface area contributed by atoms with E-state index in [1.165, 1.54) is 10.6 Å². The van der Waals surface area contributed by atoms with Crippen LogP contribution in [0.4, 0.5) is 0 Å². The molecule has 0 radical (unpaired) electrons. The number of carbonyl (C=O) groups is 1. The molecule has 0 spiro atoms. The highest BCUT2D eigenvalue weighted by molar-refractivity contribution is 7.88. The molecule has 2 aromatic rings. The van der Waals surface area contributed by atoms with Crippen molar-refractivity contribution in [3.05, 3.63) is 51.8 Å². The van der Waals surface area contributed by atoms with Gasteiger partial charge in [-0.15, -0.1) is 0 Å². The number of aryl methyl sites for hydroxylation is 1. The van der Waals surface area contributed by atoms with Crippen molar-refractivity contribution in [3.8, 4) is 0 Å². The number of rotatable bonds is 6. The number of carbonyl (C=O) groups excluding carboxylic acids is 1. The summed E-state index contributed by atoms with van der Waals surface area (Å²) in [6.45, 7) is 5.76. The molecule has 1 saturated heterocycles. The van der Waals surface area contributed by atoms with Gasteiger partial charge in [-0.05, 0) is 44.2 Å². The van der Waals surface area contributed by atoms with Crippen LogP contribution in [-0.2, 0) is 16.6 Å². The van der Waals surface area contributed by atoms with Crippen LogP contribution in [0, 0.1) is 19.8 Å². The van der Waals surface area contributed by atoms with Gasteiger partial charge in [-0.2, -0.15) is 5.10 Å². The molecule has 3 rings (SSSR count). The first-order chi connectivity index (χ1) is 13.7. The predicted octanol–water partition coefficient (Wildman–Crippen LogP) is 2.60. The first-order valence-corrected chi connectivity index (χ1v) is 11.9. The second kappa shape index (κ2) is 8.85. The Morgan fingerprint density at radius 1 is 1.24 bits per heavy atom. The van der Waals surface area contributed by atoms with Crippen LogP contribution in [0.15, 0.2) is 24.3 Å². The number of sulfonamides is 1. The average Bonchev–Trinajstić information content (AvgIpc) is 2.94. The standard InChI is InChI=1S/C20H27ClN4O3S/c1-14-19(15(2)25(23-14)13-17-6-4-5-7-18(17)21)20(26)22-12-16-8-10-24(11-9-16)29(3,27)28/h4-7,16H,8-13H2,1-3H3,(H,22,26). The number of benzene rings is 1. The van der Waals surface area contributed by atoms with E-state index in [1.54, 1.807) is 4.68 Å². The summed E-state index contributed by atoms with van der Waals surface area (Å²) in [5, 5.41) is 8.20. The smallest absolute Gasteiger partial charge is 0.255 e. The van der Waals surface area contributed by atoms with Gasteiger partial charge in [-0.3, -0.25) is 9.48 Å². The van der Waals surface area contributed by atoms with Gasteiger partial charge in [0.2, 0.25) is 10.0 Å². The molecule has 0 saturated carbocycles. The monoisotopic (exact) mass is 438 g/mol. The molecule has 9 heteroatoms. The molecule has 158 valence electrons. The molecule has 0 unspecified atom stereocenters. The van der Waals surface area contributed by atoms with Crippen LogP contribution in [0.2, 0.25) is 5.02 Å². The van der Waals surface area contributed by atoms with Crippen molar-refractivity contribution in [1.82, 2.24) is 19.4 Å². The predicted molar refractivity (Wildman–Crippen MR) is 114 cm³/mol. The van der Waals surface area contributed by atoms with E-state index >= 15 is 0 Å². The third-order valence-electron chi connectivity index (χ3n) is 5.48. The van der Waals surface area contributed by atoms with Gasteiger partial charge in [0, 0.05) is 30.4 Å². The molecule has 2 heterocycles. The van der Waals surface area contributed by atoms with Crippen molar-refractivity contribution in [2.45, 2.75) is 33.2 Å². The lowest BCUT2D eigenvalue weighted by atomic mass is 9.98. The lowest BCUT2D eigenvalue weighted by molar-refractivity contribution is 0.0940. The first-order valence-electron chi connectivity index (χ1n) is 9.67. The Labute approximate surface area is 177 Å². The van der Waals surface area contributed by atoms with Gasteiger partial charge in [0.05, 0.1) is 24.1 Å². The SMILES string of the molecule is Cc1nn(Cc2ccccc2Cl)c(C)c1C(=O)NCC1CCN(S(C)(=O)=O)CC1. The van der Waals surface area contributed by atoms with Gasteiger partial charge in [-0.25, -0.2) is 12.7 Å². The van der Waals surface area contributed by atoms with Crippen LogP contribution in [0.1, 0.15) is 40.2 Å². The fourth-order valence-corrected chi connectivity index (χ4v) is 4.81. The highest BCUT2D eigenvalue weighted by atomic mass is 35.5. The van der Waals surface area contributed by atoms with E-state index < -0.39 is 10.0 Å². The average molecular weight is 439 g/mol. The molecule has 1 aromatic heterocycles. The lowest BCUT2D eigenvalue weighted by Crippen LogP contribution is -2.41. The Kier molecular flexibility index (Phi) is 6.65. The molecular formula is C20H27ClN4O3S. The van der Waals surface area contributed by atoms with E-state index in [0.717, 1.165) is 24.1 Å². The third kappa shape index (κ3) is 5.18. The summed E-state index contributed by atoms with van der Waals surface area (Å²) in [7, 11) is -3.14. The maximum atomic E-state index is 12.8. The number of halogens is 1. The Morgan fingerprint density at radius 3 is 2.52 bits per heavy atom. The topological polar surface area (TPSA) is 84.3 Å². The molecule has 1 aliphatic rings. The van der Waals surface area contributed by atoms with E-state index in [9.17, 15) is 13.2 Å². The van der Waals surface area contributed by atoms with Crippen molar-refractivity contribution in [1.29, 1.82) is 0 Å². The van der Waals surface area contributed by atoms with Crippen LogP contribution in [0.3, 0.4) is 0 Å². The van der Waals surface area contributed by atoms with Gasteiger partial charge < -0.3 is 5.32 Å². The minimum atomic E-state index is -3.14. The highest BCUT2D eigenvalue weighted by Gasteiger charge is 2.26. The first kappa shape index (κ1) is 21.8. The summed E-state index contributed by atoms with van der Waals surface area (Å²) in [4.78, 5) is 12.8. The normalized spacial score (nSPS) is 16.1. The van der Waals surface area contributed by atoms with Crippen LogP contribution >= 0.6 is 11.6 Å². The van der Waals surface area contributed by atoms with Gasteiger partial charge in [0.1, 0.15) is 0 Å². The van der Waals surface area contributed by atoms with Crippen molar-refractivity contribution in [2.75, 3.05) is 25.9 Å². The van der Waals surface area contributed by atoms with Crippen LogP contribution in [0.5, 0.6) is 0 Å². The summed E-state index contributed by atoms with van der Waals surface area (Å²) in [6, 6.07) is 7.59. The number of hydrogen-bond acceptors (Lipinski definition) is 4. The molecule has 1 amide bonds. The Hall–Kier alpha value is -1.90.